The van der Waals surface area contributed by atoms with E-state index in [0.717, 1.165) is 35.5 Å². The van der Waals surface area contributed by atoms with Gasteiger partial charge in [0.15, 0.2) is 15.7 Å². The van der Waals surface area contributed by atoms with Gasteiger partial charge in [0.25, 0.3) is 12.3 Å². The smallest absolute Gasteiger partial charge is 0.406 e. The van der Waals surface area contributed by atoms with Crippen molar-refractivity contribution >= 4 is 26.8 Å². The first-order valence-corrected chi connectivity index (χ1v) is 12.6. The summed E-state index contributed by atoms with van der Waals surface area (Å²) in [5.74, 6) is -1.83. The van der Waals surface area contributed by atoms with Gasteiger partial charge in [-0.1, -0.05) is 12.1 Å². The summed E-state index contributed by atoms with van der Waals surface area (Å²) in [5.41, 5.74) is 0.111. The van der Waals surface area contributed by atoms with Gasteiger partial charge in [0.05, 0.1) is 33.7 Å². The highest BCUT2D eigenvalue weighted by Crippen LogP contribution is 2.28. The zero-order valence-corrected chi connectivity index (χ0v) is 20.4. The van der Waals surface area contributed by atoms with Gasteiger partial charge in [0, 0.05) is 18.0 Å². The zero-order valence-electron chi connectivity index (χ0n) is 19.6. The number of sulfone groups is 1. The molecule has 0 aliphatic rings. The van der Waals surface area contributed by atoms with Crippen LogP contribution < -0.4 is 10.1 Å². The topological polar surface area (TPSA) is 116 Å². The van der Waals surface area contributed by atoms with E-state index in [0.29, 0.717) is 17.1 Å². The Balaban J connectivity index is 1.74. The number of hydrogen-bond acceptors (Lipinski definition) is 7. The van der Waals surface area contributed by atoms with Gasteiger partial charge in [-0.05, 0) is 37.3 Å². The quantitative estimate of drug-likeness (QED) is 0.333. The Kier molecular flexibility index (Phi) is 7.06. The third-order valence-corrected chi connectivity index (χ3v) is 6.30. The molecule has 1 unspecified atom stereocenters. The molecule has 0 aliphatic heterocycles. The number of nitrogens with one attached hydrogen (secondary N) is 1. The van der Waals surface area contributed by atoms with E-state index in [9.17, 15) is 35.2 Å². The molecular weight excluding hydrogens is 537 g/mol. The molecular formula is C23H18F5N5O4S. The van der Waals surface area contributed by atoms with Gasteiger partial charge in [-0.2, -0.15) is 5.10 Å². The van der Waals surface area contributed by atoms with Gasteiger partial charge in [-0.15, -0.1) is 13.2 Å². The summed E-state index contributed by atoms with van der Waals surface area (Å²) in [6.45, 7) is 1.48. The number of carbonyl (C=O) groups excluding carboxylic acids is 1. The highest BCUT2D eigenvalue weighted by molar-refractivity contribution is 7.90. The van der Waals surface area contributed by atoms with Crippen molar-refractivity contribution < 1.29 is 39.9 Å². The van der Waals surface area contributed by atoms with Crippen molar-refractivity contribution in [1.29, 1.82) is 0 Å². The number of amides is 1. The zero-order chi connectivity index (χ0) is 27.8. The molecule has 9 nitrogen and oxygen atoms in total. The van der Waals surface area contributed by atoms with Crippen LogP contribution in [0.15, 0.2) is 59.8 Å². The number of para-hydroxylation sites is 2. The highest BCUT2D eigenvalue weighted by atomic mass is 32.2. The first-order chi connectivity index (χ1) is 17.7. The first-order valence-electron chi connectivity index (χ1n) is 10.7. The maximum atomic E-state index is 13.2. The van der Waals surface area contributed by atoms with Crippen LogP contribution in [0.3, 0.4) is 0 Å². The summed E-state index contributed by atoms with van der Waals surface area (Å²) in [6.07, 6.45) is -5.16. The van der Waals surface area contributed by atoms with Crippen LogP contribution in [0.25, 0.3) is 16.9 Å². The number of benzene rings is 2. The predicted octanol–water partition coefficient (Wildman–Crippen LogP) is 4.55. The fourth-order valence-electron chi connectivity index (χ4n) is 3.49. The second kappa shape index (κ2) is 9.96. The first kappa shape index (κ1) is 26.9. The maximum absolute atomic E-state index is 13.2. The van der Waals surface area contributed by atoms with Crippen molar-refractivity contribution in [1.82, 2.24) is 25.1 Å². The van der Waals surface area contributed by atoms with Gasteiger partial charge in [-0.25, -0.2) is 31.8 Å². The third kappa shape index (κ3) is 6.04. The minimum absolute atomic E-state index is 0.0226. The van der Waals surface area contributed by atoms with E-state index in [4.69, 9.17) is 0 Å². The number of ether oxygens (including phenoxy) is 1. The Morgan fingerprint density at radius 3 is 2.32 bits per heavy atom. The maximum Gasteiger partial charge on any atom is 0.573 e. The molecule has 0 saturated carbocycles. The molecule has 15 heteroatoms. The number of aromatic nitrogens is 4. The number of carbonyl (C=O) groups is 1. The lowest BCUT2D eigenvalue weighted by atomic mass is 10.1. The molecule has 2 aromatic heterocycles. The molecule has 0 radical (unpaired) electrons. The lowest BCUT2D eigenvalue weighted by molar-refractivity contribution is -0.274. The minimum Gasteiger partial charge on any atom is -0.406 e. The van der Waals surface area contributed by atoms with Crippen molar-refractivity contribution in [2.24, 2.45) is 0 Å². The van der Waals surface area contributed by atoms with E-state index in [1.807, 2.05) is 0 Å². The van der Waals surface area contributed by atoms with Crippen molar-refractivity contribution in [2.45, 2.75) is 30.6 Å². The number of nitrogens with zero attached hydrogens (tertiary/aromatic N) is 4. The minimum atomic E-state index is -5.13. The average Bonchev–Trinajstić information content (AvgIpc) is 3.32. The van der Waals surface area contributed by atoms with Crippen LogP contribution in [0.4, 0.5) is 22.0 Å². The lowest BCUT2D eigenvalue weighted by Gasteiger charge is -2.18. The lowest BCUT2D eigenvalue weighted by Crippen LogP contribution is -2.29. The molecule has 1 amide bonds. The molecule has 200 valence electrons. The summed E-state index contributed by atoms with van der Waals surface area (Å²) < 4.78 is 93.5. The van der Waals surface area contributed by atoms with Crippen molar-refractivity contribution in [3.63, 3.8) is 0 Å². The Bertz CT molecular complexity index is 1620. The Morgan fingerprint density at radius 2 is 1.74 bits per heavy atom. The monoisotopic (exact) mass is 555 g/mol. The van der Waals surface area contributed by atoms with Crippen LogP contribution in [0.1, 0.15) is 41.0 Å². The molecule has 4 aromatic rings. The molecule has 0 bridgehead atoms. The number of fused-ring (bicyclic) bond motifs is 1. The van der Waals surface area contributed by atoms with Crippen LogP contribution in [-0.2, 0) is 9.84 Å². The van der Waals surface area contributed by atoms with Gasteiger partial charge < -0.3 is 10.1 Å². The molecule has 1 atom stereocenters. The van der Waals surface area contributed by atoms with E-state index in [2.05, 4.69) is 25.1 Å². The summed E-state index contributed by atoms with van der Waals surface area (Å²) in [4.78, 5) is 21.4. The van der Waals surface area contributed by atoms with Gasteiger partial charge in [-0.3, -0.25) is 4.79 Å². The van der Waals surface area contributed by atoms with Gasteiger partial charge in [0.1, 0.15) is 11.4 Å². The van der Waals surface area contributed by atoms with Crippen LogP contribution in [0.5, 0.6) is 5.75 Å². The summed E-state index contributed by atoms with van der Waals surface area (Å²) in [5, 5.41) is 6.43. The van der Waals surface area contributed by atoms with Crippen LogP contribution in [-0.4, -0.2) is 46.7 Å². The number of alkyl halides is 5. The number of halogens is 5. The predicted molar refractivity (Wildman–Crippen MR) is 124 cm³/mol. The molecule has 4 rings (SSSR count). The second-order valence-corrected chi connectivity index (χ2v) is 10.2. The van der Waals surface area contributed by atoms with Gasteiger partial charge >= 0.3 is 6.36 Å². The SMILES string of the molecule is CC(NC(=O)c1cc(OC(F)(F)F)cc(S(C)(=O)=O)c1)c1nc2ccccc2nc1-n1cc(C(F)F)cn1. The van der Waals surface area contributed by atoms with E-state index in [1.54, 1.807) is 24.3 Å². The standard InChI is InChI=1S/C23H18F5N5O4S/c1-12(30-22(34)13-7-15(37-23(26,27)28)9-16(8-13)38(2,35)36)19-21(33-11-14(10-29-33)20(24)25)32-18-6-4-3-5-17(18)31-19/h3-12,20H,1-2H3,(H,30,34). The molecule has 0 spiro atoms. The molecule has 0 aliphatic carbocycles. The van der Waals surface area contributed by atoms with E-state index >= 15 is 0 Å². The Morgan fingerprint density at radius 1 is 1.08 bits per heavy atom. The number of rotatable bonds is 7. The van der Waals surface area contributed by atoms with Crippen LogP contribution in [0.2, 0.25) is 0 Å². The van der Waals surface area contributed by atoms with Crippen molar-refractivity contribution in [3.8, 4) is 11.6 Å². The Hall–Kier alpha value is -4.14. The molecule has 2 heterocycles. The largest absolute Gasteiger partial charge is 0.573 e. The molecule has 0 fully saturated rings. The second-order valence-electron chi connectivity index (χ2n) is 8.15. The molecule has 38 heavy (non-hydrogen) atoms. The van der Waals surface area contributed by atoms with E-state index in [-0.39, 0.29) is 17.1 Å². The average molecular weight is 555 g/mol. The third-order valence-electron chi connectivity index (χ3n) is 5.21. The molecule has 2 aromatic carbocycles. The number of hydrogen-bond donors (Lipinski definition) is 1. The van der Waals surface area contributed by atoms with Crippen LogP contribution >= 0.6 is 0 Å². The summed E-state index contributed by atoms with van der Waals surface area (Å²) in [6, 6.07) is 7.94. The van der Waals surface area contributed by atoms with Crippen molar-refractivity contribution in [2.75, 3.05) is 6.26 Å². The molecule has 0 saturated heterocycles. The summed E-state index contributed by atoms with van der Waals surface area (Å²) in [7, 11) is -4.01. The van der Waals surface area contributed by atoms with Crippen LogP contribution in [0, 0.1) is 0 Å². The highest BCUT2D eigenvalue weighted by Gasteiger charge is 2.32. The van der Waals surface area contributed by atoms with Crippen molar-refractivity contribution in [3.05, 3.63) is 71.7 Å². The van der Waals surface area contributed by atoms with E-state index < -0.39 is 50.8 Å². The fraction of sp³-hybridized carbons (Fsp3) is 0.217. The summed E-state index contributed by atoms with van der Waals surface area (Å²) >= 11 is 0. The molecule has 1 N–H and O–H groups in total. The van der Waals surface area contributed by atoms with E-state index in [1.165, 1.54) is 6.92 Å². The fourth-order valence-corrected chi connectivity index (χ4v) is 4.16. The Labute approximate surface area is 212 Å². The van der Waals surface area contributed by atoms with Gasteiger partial charge in [0.2, 0.25) is 0 Å². The normalized spacial score (nSPS) is 13.1.